The van der Waals surface area contributed by atoms with E-state index in [0.29, 0.717) is 17.5 Å². The van der Waals surface area contributed by atoms with Crippen LogP contribution < -0.4 is 0 Å². The Morgan fingerprint density at radius 2 is 0.983 bits per heavy atom. The van der Waals surface area contributed by atoms with Gasteiger partial charge in [0, 0.05) is 48.5 Å². The van der Waals surface area contributed by atoms with Gasteiger partial charge in [0.15, 0.2) is 17.5 Å². The van der Waals surface area contributed by atoms with Gasteiger partial charge in [0.1, 0.15) is 4.83 Å². The fourth-order valence-electron chi connectivity index (χ4n) is 9.53. The zero-order valence-electron chi connectivity index (χ0n) is 33.0. The third kappa shape index (κ3) is 5.36. The lowest BCUT2D eigenvalue weighted by atomic mass is 9.78. The van der Waals surface area contributed by atoms with Crippen molar-refractivity contribution in [2.75, 3.05) is 0 Å². The Bertz CT molecular complexity index is 3530. The largest absolute Gasteiger partial charge is 0.236 e. The second-order valence-corrected chi connectivity index (χ2v) is 17.2. The van der Waals surface area contributed by atoms with Gasteiger partial charge in [0.05, 0.1) is 5.69 Å². The Labute approximate surface area is 351 Å². The van der Waals surface area contributed by atoms with E-state index in [1.54, 1.807) is 11.3 Å². The van der Waals surface area contributed by atoms with Crippen LogP contribution >= 0.6 is 11.3 Å². The molecular weight excluding hydrogens is 749 g/mol. The summed E-state index contributed by atoms with van der Waals surface area (Å²) < 4.78 is 1.24. The first-order valence-corrected chi connectivity index (χ1v) is 21.2. The van der Waals surface area contributed by atoms with Crippen LogP contribution in [0.5, 0.6) is 0 Å². The van der Waals surface area contributed by atoms with Crippen molar-refractivity contribution >= 4 is 53.2 Å². The highest BCUT2D eigenvalue weighted by Crippen LogP contribution is 2.54. The van der Waals surface area contributed by atoms with Crippen LogP contribution in [0.25, 0.3) is 110 Å². The molecule has 0 bridgehead atoms. The quantitative estimate of drug-likeness (QED) is 0.174. The molecule has 3 aromatic heterocycles. The molecule has 12 rings (SSSR count). The van der Waals surface area contributed by atoms with Crippen molar-refractivity contribution in [3.05, 3.63) is 193 Å². The van der Waals surface area contributed by atoms with E-state index in [1.807, 2.05) is 18.2 Å². The van der Waals surface area contributed by atoms with Crippen molar-refractivity contribution in [1.82, 2.24) is 19.9 Å². The molecular formula is C55H36N4S. The van der Waals surface area contributed by atoms with Crippen molar-refractivity contribution in [1.29, 1.82) is 0 Å². The van der Waals surface area contributed by atoms with Crippen LogP contribution in [0.1, 0.15) is 25.0 Å². The SMILES string of the molecule is CC1(C)c2ccc3ccccc3c2-c2cccc(-c3cccc(-c4nc(-c5ccccc5)nc(-c5cccc(-c6nc7sc8ccccc8c7c7ccccc67)c5)n4)c3)c21. The zero-order valence-corrected chi connectivity index (χ0v) is 33.8. The minimum Gasteiger partial charge on any atom is -0.236 e. The predicted octanol–water partition coefficient (Wildman–Crippen LogP) is 14.6. The maximum atomic E-state index is 5.34. The average Bonchev–Trinajstić information content (AvgIpc) is 3.81. The molecule has 0 radical (unpaired) electrons. The van der Waals surface area contributed by atoms with Crippen molar-refractivity contribution in [2.45, 2.75) is 19.3 Å². The number of rotatable bonds is 5. The van der Waals surface area contributed by atoms with Crippen molar-refractivity contribution in [3.8, 4) is 67.7 Å². The lowest BCUT2D eigenvalue weighted by Crippen LogP contribution is -2.16. The van der Waals surface area contributed by atoms with Crippen molar-refractivity contribution < 1.29 is 0 Å². The van der Waals surface area contributed by atoms with Gasteiger partial charge in [0.2, 0.25) is 0 Å². The molecule has 282 valence electrons. The minimum absolute atomic E-state index is 0.186. The first kappa shape index (κ1) is 34.7. The van der Waals surface area contributed by atoms with Crippen LogP contribution in [-0.4, -0.2) is 19.9 Å². The smallest absolute Gasteiger partial charge is 0.164 e. The molecule has 0 saturated carbocycles. The molecule has 60 heavy (non-hydrogen) atoms. The third-order valence-corrected chi connectivity index (χ3v) is 13.4. The predicted molar refractivity (Wildman–Crippen MR) is 250 cm³/mol. The topological polar surface area (TPSA) is 51.6 Å². The van der Waals surface area contributed by atoms with Gasteiger partial charge in [0.25, 0.3) is 0 Å². The van der Waals surface area contributed by atoms with E-state index in [-0.39, 0.29) is 5.41 Å². The maximum absolute atomic E-state index is 5.34. The molecule has 0 N–H and O–H groups in total. The molecule has 11 aromatic rings. The fraction of sp³-hybridized carbons (Fsp3) is 0.0545. The highest BCUT2D eigenvalue weighted by Gasteiger charge is 2.38. The lowest BCUT2D eigenvalue weighted by Gasteiger charge is -2.24. The number of hydrogen-bond acceptors (Lipinski definition) is 5. The number of pyridine rings is 1. The first-order valence-electron chi connectivity index (χ1n) is 20.4. The summed E-state index contributed by atoms with van der Waals surface area (Å²) in [6.45, 7) is 4.72. The van der Waals surface area contributed by atoms with Crippen molar-refractivity contribution in [3.63, 3.8) is 0 Å². The molecule has 5 heteroatoms. The average molecular weight is 785 g/mol. The van der Waals surface area contributed by atoms with Crippen LogP contribution in [0, 0.1) is 0 Å². The third-order valence-electron chi connectivity index (χ3n) is 12.3. The highest BCUT2D eigenvalue weighted by atomic mass is 32.1. The van der Waals surface area contributed by atoms with E-state index in [2.05, 4.69) is 178 Å². The van der Waals surface area contributed by atoms with Gasteiger partial charge >= 0.3 is 0 Å². The van der Waals surface area contributed by atoms with Crippen LogP contribution in [0.4, 0.5) is 0 Å². The van der Waals surface area contributed by atoms with Gasteiger partial charge in [-0.05, 0) is 67.7 Å². The Hall–Kier alpha value is -7.34. The molecule has 1 aliphatic rings. The number of hydrogen-bond donors (Lipinski definition) is 0. The summed E-state index contributed by atoms with van der Waals surface area (Å²) in [4.78, 5) is 21.9. The summed E-state index contributed by atoms with van der Waals surface area (Å²) in [5, 5.41) is 7.35. The van der Waals surface area contributed by atoms with E-state index in [4.69, 9.17) is 19.9 Å². The Balaban J connectivity index is 1.00. The summed E-state index contributed by atoms with van der Waals surface area (Å²) in [6.07, 6.45) is 0. The number of aromatic nitrogens is 4. The second kappa shape index (κ2) is 13.3. The molecule has 8 aromatic carbocycles. The lowest BCUT2D eigenvalue weighted by molar-refractivity contribution is 0.662. The molecule has 0 amide bonds. The van der Waals surface area contributed by atoms with Gasteiger partial charge in [-0.15, -0.1) is 11.3 Å². The molecule has 4 nitrogen and oxygen atoms in total. The summed E-state index contributed by atoms with van der Waals surface area (Å²) in [7, 11) is 0. The van der Waals surface area contributed by atoms with E-state index in [0.717, 1.165) is 43.7 Å². The number of thiophene rings is 1. The molecule has 1 aliphatic carbocycles. The Morgan fingerprint density at radius 1 is 0.417 bits per heavy atom. The minimum atomic E-state index is -0.186. The second-order valence-electron chi connectivity index (χ2n) is 16.2. The molecule has 0 spiro atoms. The molecule has 0 saturated heterocycles. The Morgan fingerprint density at radius 3 is 1.77 bits per heavy atom. The van der Waals surface area contributed by atoms with Crippen LogP contribution in [-0.2, 0) is 5.41 Å². The standard InChI is InChI=1S/C55H36N4S/c1-55(2)45-30-29-33-15-6-7-22-39(33)47(45)44-27-14-26-40(49(44)55)35-18-12-20-37(31-35)52-57-51(34-16-4-3-5-17-34)58-53(59-52)38-21-13-19-36(32-38)50-42-24-9-8-23-41(42)48-43-25-10-11-28-46(43)60-54(48)56-50/h3-32H,1-2H3. The molecule has 0 aliphatic heterocycles. The maximum Gasteiger partial charge on any atom is 0.164 e. The number of nitrogens with zero attached hydrogens (tertiary/aromatic N) is 4. The summed E-state index contributed by atoms with van der Waals surface area (Å²) in [5.41, 5.74) is 12.3. The van der Waals surface area contributed by atoms with Gasteiger partial charge in [-0.1, -0.05) is 178 Å². The monoisotopic (exact) mass is 784 g/mol. The molecule has 3 heterocycles. The highest BCUT2D eigenvalue weighted by molar-refractivity contribution is 7.25. The van der Waals surface area contributed by atoms with Gasteiger partial charge in [-0.25, -0.2) is 19.9 Å². The molecule has 0 fully saturated rings. The van der Waals surface area contributed by atoms with E-state index < -0.39 is 0 Å². The summed E-state index contributed by atoms with van der Waals surface area (Å²) >= 11 is 1.74. The normalized spacial score (nSPS) is 13.0. The number of fused-ring (bicyclic) bond motifs is 10. The van der Waals surface area contributed by atoms with E-state index in [9.17, 15) is 0 Å². The molecule has 0 unspecified atom stereocenters. The van der Waals surface area contributed by atoms with E-state index >= 15 is 0 Å². The summed E-state index contributed by atoms with van der Waals surface area (Å²) in [6, 6.07) is 64.7. The number of benzene rings is 8. The van der Waals surface area contributed by atoms with Crippen LogP contribution in [0.15, 0.2) is 182 Å². The first-order chi connectivity index (χ1) is 29.5. The van der Waals surface area contributed by atoms with E-state index in [1.165, 1.54) is 59.4 Å². The summed E-state index contributed by atoms with van der Waals surface area (Å²) in [5.74, 6) is 1.87. The van der Waals surface area contributed by atoms with Crippen LogP contribution in [0.2, 0.25) is 0 Å². The van der Waals surface area contributed by atoms with Gasteiger partial charge < -0.3 is 0 Å². The molecule has 0 atom stereocenters. The van der Waals surface area contributed by atoms with Crippen molar-refractivity contribution in [2.24, 2.45) is 0 Å². The Kier molecular flexibility index (Phi) is 7.72. The van der Waals surface area contributed by atoms with Crippen LogP contribution in [0.3, 0.4) is 0 Å². The fourth-order valence-corrected chi connectivity index (χ4v) is 10.6. The van der Waals surface area contributed by atoms with Gasteiger partial charge in [-0.2, -0.15) is 0 Å². The zero-order chi connectivity index (χ0) is 40.0. The van der Waals surface area contributed by atoms with Gasteiger partial charge in [-0.3, -0.25) is 0 Å².